The topological polar surface area (TPSA) is 64.4 Å². The van der Waals surface area contributed by atoms with Gasteiger partial charge in [-0.05, 0) is 29.8 Å². The molecule has 0 unspecified atom stereocenters. The second kappa shape index (κ2) is 8.54. The first-order valence-electron chi connectivity index (χ1n) is 9.31. The van der Waals surface area contributed by atoms with Crippen molar-refractivity contribution in [2.75, 3.05) is 0 Å². The van der Waals surface area contributed by atoms with Crippen LogP contribution in [0.3, 0.4) is 0 Å². The van der Waals surface area contributed by atoms with Crippen LogP contribution >= 0.6 is 0 Å². The molecule has 0 amide bonds. The first-order chi connectivity index (χ1) is 14.2. The average Bonchev–Trinajstić information content (AvgIpc) is 3.23. The first kappa shape index (κ1) is 18.7. The predicted molar refractivity (Wildman–Crippen MR) is 110 cm³/mol. The molecule has 0 spiro atoms. The molecule has 3 aromatic carbocycles. The second-order valence-electron chi connectivity index (χ2n) is 6.58. The number of rotatable bonds is 6. The molecule has 1 heterocycles. The summed E-state index contributed by atoms with van der Waals surface area (Å²) in [6, 6.07) is 26.4. The monoisotopic (exact) mass is 384 g/mol. The van der Waals surface area contributed by atoms with Crippen LogP contribution in [0.15, 0.2) is 91.1 Å². The molecule has 29 heavy (non-hydrogen) atoms. The Labute approximate surface area is 168 Å². The molecule has 0 radical (unpaired) electrons. The maximum Gasteiger partial charge on any atom is 0.338 e. The maximum absolute atomic E-state index is 12.4. The van der Waals surface area contributed by atoms with Crippen LogP contribution in [0.5, 0.6) is 0 Å². The standard InChI is InChI=1S/C24H20N2O3/c27-16-18-11-13-20(14-12-18)24(28)29-17-21-15-26(22-9-5-2-6-10-22)25-23(21)19-7-3-1-4-8-19/h1-15,27H,16-17H2. The van der Waals surface area contributed by atoms with Crippen molar-refractivity contribution >= 4 is 5.97 Å². The molecular weight excluding hydrogens is 364 g/mol. The SMILES string of the molecule is O=C(OCc1cn(-c2ccccc2)nc1-c1ccccc1)c1ccc(CO)cc1. The van der Waals surface area contributed by atoms with Crippen molar-refractivity contribution in [2.45, 2.75) is 13.2 Å². The minimum Gasteiger partial charge on any atom is -0.457 e. The number of aliphatic hydroxyl groups is 1. The van der Waals surface area contributed by atoms with Gasteiger partial charge in [-0.25, -0.2) is 9.48 Å². The summed E-state index contributed by atoms with van der Waals surface area (Å²) >= 11 is 0. The second-order valence-corrected chi connectivity index (χ2v) is 6.58. The zero-order valence-corrected chi connectivity index (χ0v) is 15.7. The average molecular weight is 384 g/mol. The molecular formula is C24H20N2O3. The Morgan fingerprint density at radius 1 is 0.897 bits per heavy atom. The Hall–Kier alpha value is -3.70. The number of benzene rings is 3. The number of nitrogens with zero attached hydrogens (tertiary/aromatic N) is 2. The fourth-order valence-electron chi connectivity index (χ4n) is 3.04. The molecule has 1 aromatic heterocycles. The van der Waals surface area contributed by atoms with Crippen LogP contribution in [0.25, 0.3) is 16.9 Å². The fourth-order valence-corrected chi connectivity index (χ4v) is 3.04. The lowest BCUT2D eigenvalue weighted by Crippen LogP contribution is -2.05. The van der Waals surface area contributed by atoms with Crippen LogP contribution in [-0.2, 0) is 18.0 Å². The molecule has 4 aromatic rings. The van der Waals surface area contributed by atoms with Gasteiger partial charge in [-0.2, -0.15) is 5.10 Å². The van der Waals surface area contributed by atoms with Crippen molar-refractivity contribution < 1.29 is 14.6 Å². The van der Waals surface area contributed by atoms with Crippen molar-refractivity contribution in [2.24, 2.45) is 0 Å². The summed E-state index contributed by atoms with van der Waals surface area (Å²) in [4.78, 5) is 12.4. The molecule has 0 aliphatic heterocycles. The Morgan fingerprint density at radius 2 is 1.55 bits per heavy atom. The number of aromatic nitrogens is 2. The number of aliphatic hydroxyl groups excluding tert-OH is 1. The smallest absolute Gasteiger partial charge is 0.338 e. The predicted octanol–water partition coefficient (Wildman–Crippen LogP) is 4.39. The number of esters is 1. The Bertz CT molecular complexity index is 1090. The molecule has 144 valence electrons. The molecule has 0 saturated carbocycles. The van der Waals surface area contributed by atoms with Crippen LogP contribution in [0.2, 0.25) is 0 Å². The summed E-state index contributed by atoms with van der Waals surface area (Å²) in [5.41, 5.74) is 4.68. The van der Waals surface area contributed by atoms with Gasteiger partial charge in [-0.15, -0.1) is 0 Å². The van der Waals surface area contributed by atoms with Gasteiger partial charge in [0.2, 0.25) is 0 Å². The summed E-state index contributed by atoms with van der Waals surface area (Å²) in [6.45, 7) is 0.0477. The van der Waals surface area contributed by atoms with Crippen LogP contribution in [-0.4, -0.2) is 20.9 Å². The third-order valence-electron chi connectivity index (χ3n) is 4.59. The van der Waals surface area contributed by atoms with Gasteiger partial charge < -0.3 is 9.84 Å². The van der Waals surface area contributed by atoms with E-state index in [0.717, 1.165) is 28.1 Å². The molecule has 0 aliphatic carbocycles. The van der Waals surface area contributed by atoms with E-state index in [1.54, 1.807) is 28.9 Å². The van der Waals surface area contributed by atoms with Crippen molar-refractivity contribution in [3.8, 4) is 16.9 Å². The highest BCUT2D eigenvalue weighted by molar-refractivity contribution is 5.89. The number of carbonyl (C=O) groups excluding carboxylic acids is 1. The highest BCUT2D eigenvalue weighted by atomic mass is 16.5. The molecule has 1 N–H and O–H groups in total. The minimum atomic E-state index is -0.416. The molecule has 0 fully saturated rings. The van der Waals surface area contributed by atoms with E-state index >= 15 is 0 Å². The Morgan fingerprint density at radius 3 is 2.21 bits per heavy atom. The third-order valence-corrected chi connectivity index (χ3v) is 4.59. The molecule has 0 saturated heterocycles. The van der Waals surface area contributed by atoms with Gasteiger partial charge in [0.15, 0.2) is 0 Å². The van der Waals surface area contributed by atoms with E-state index in [4.69, 9.17) is 14.9 Å². The van der Waals surface area contributed by atoms with Gasteiger partial charge in [-0.3, -0.25) is 0 Å². The molecule has 0 aliphatic rings. The van der Waals surface area contributed by atoms with Crippen LogP contribution < -0.4 is 0 Å². The van der Waals surface area contributed by atoms with Crippen molar-refractivity contribution in [1.29, 1.82) is 0 Å². The Kier molecular flexibility index (Phi) is 5.49. The summed E-state index contributed by atoms with van der Waals surface area (Å²) in [6.07, 6.45) is 1.89. The van der Waals surface area contributed by atoms with Crippen molar-refractivity contribution in [3.05, 3.63) is 108 Å². The molecule has 0 bridgehead atoms. The summed E-state index contributed by atoms with van der Waals surface area (Å²) < 4.78 is 7.34. The van der Waals surface area contributed by atoms with E-state index in [-0.39, 0.29) is 13.2 Å². The maximum atomic E-state index is 12.4. The van der Waals surface area contributed by atoms with Gasteiger partial charge in [0.1, 0.15) is 6.61 Å². The minimum absolute atomic E-state index is 0.0611. The largest absolute Gasteiger partial charge is 0.457 e. The third kappa shape index (κ3) is 4.25. The lowest BCUT2D eigenvalue weighted by molar-refractivity contribution is 0.0473. The highest BCUT2D eigenvalue weighted by Gasteiger charge is 2.15. The number of hydrogen-bond donors (Lipinski definition) is 1. The number of carbonyl (C=O) groups is 1. The molecule has 5 nitrogen and oxygen atoms in total. The number of para-hydroxylation sites is 1. The van der Waals surface area contributed by atoms with Gasteiger partial charge in [0, 0.05) is 17.3 Å². The van der Waals surface area contributed by atoms with Crippen LogP contribution in [0.4, 0.5) is 0 Å². The van der Waals surface area contributed by atoms with E-state index in [0.29, 0.717) is 5.56 Å². The van der Waals surface area contributed by atoms with Gasteiger partial charge in [0.05, 0.1) is 23.6 Å². The zero-order valence-electron chi connectivity index (χ0n) is 15.7. The Balaban J connectivity index is 1.60. The summed E-state index contributed by atoms with van der Waals surface area (Å²) in [5.74, 6) is -0.416. The van der Waals surface area contributed by atoms with E-state index in [2.05, 4.69) is 0 Å². The molecule has 5 heteroatoms. The molecule has 0 atom stereocenters. The van der Waals surface area contributed by atoms with Crippen LogP contribution in [0, 0.1) is 0 Å². The van der Waals surface area contributed by atoms with Gasteiger partial charge >= 0.3 is 5.97 Å². The highest BCUT2D eigenvalue weighted by Crippen LogP contribution is 2.24. The lowest BCUT2D eigenvalue weighted by Gasteiger charge is -2.06. The fraction of sp³-hybridized carbons (Fsp3) is 0.0833. The van der Waals surface area contributed by atoms with Crippen molar-refractivity contribution in [1.82, 2.24) is 9.78 Å². The first-order valence-corrected chi connectivity index (χ1v) is 9.31. The van der Waals surface area contributed by atoms with Gasteiger partial charge in [0.25, 0.3) is 0 Å². The number of hydrogen-bond acceptors (Lipinski definition) is 4. The van der Waals surface area contributed by atoms with Gasteiger partial charge in [-0.1, -0.05) is 60.7 Å². The van der Waals surface area contributed by atoms with E-state index < -0.39 is 5.97 Å². The van der Waals surface area contributed by atoms with E-state index in [1.165, 1.54) is 0 Å². The normalized spacial score (nSPS) is 10.7. The zero-order chi connectivity index (χ0) is 20.1. The lowest BCUT2D eigenvalue weighted by atomic mass is 10.1. The van der Waals surface area contributed by atoms with Crippen LogP contribution in [0.1, 0.15) is 21.5 Å². The van der Waals surface area contributed by atoms with E-state index in [9.17, 15) is 4.79 Å². The van der Waals surface area contributed by atoms with Crippen molar-refractivity contribution in [3.63, 3.8) is 0 Å². The summed E-state index contributed by atoms with van der Waals surface area (Å²) in [7, 11) is 0. The quantitative estimate of drug-likeness (QED) is 0.501. The number of ether oxygens (including phenoxy) is 1. The summed E-state index contributed by atoms with van der Waals surface area (Å²) in [5, 5.41) is 13.9. The molecule has 4 rings (SSSR count). The van der Waals surface area contributed by atoms with E-state index in [1.807, 2.05) is 66.9 Å².